The van der Waals surface area contributed by atoms with Gasteiger partial charge in [0.15, 0.2) is 0 Å². The molecule has 2 aromatic carbocycles. The summed E-state index contributed by atoms with van der Waals surface area (Å²) in [6.45, 7) is 5.78. The van der Waals surface area contributed by atoms with E-state index in [-0.39, 0.29) is 19.0 Å². The number of amides is 3. The van der Waals surface area contributed by atoms with Crippen molar-refractivity contribution >= 4 is 24.1 Å². The van der Waals surface area contributed by atoms with Gasteiger partial charge < -0.3 is 15.0 Å². The zero-order chi connectivity index (χ0) is 23.4. The predicted molar refractivity (Wildman–Crippen MR) is 121 cm³/mol. The molecule has 0 unspecified atom stereocenters. The third-order valence-corrected chi connectivity index (χ3v) is 5.94. The van der Waals surface area contributed by atoms with E-state index in [0.29, 0.717) is 11.3 Å². The van der Waals surface area contributed by atoms with Crippen LogP contribution in [-0.4, -0.2) is 73.6 Å². The van der Waals surface area contributed by atoms with Crippen molar-refractivity contribution < 1.29 is 23.5 Å². The van der Waals surface area contributed by atoms with Gasteiger partial charge in [0, 0.05) is 45.2 Å². The van der Waals surface area contributed by atoms with Gasteiger partial charge in [0.25, 0.3) is 0 Å². The number of benzene rings is 2. The molecule has 1 N–H and O–H groups in total. The van der Waals surface area contributed by atoms with E-state index >= 15 is 0 Å². The van der Waals surface area contributed by atoms with Gasteiger partial charge in [0.05, 0.1) is 18.8 Å². The molecule has 2 fully saturated rings. The third-order valence-electron chi connectivity index (χ3n) is 5.94. The van der Waals surface area contributed by atoms with E-state index in [2.05, 4.69) is 10.2 Å². The van der Waals surface area contributed by atoms with Crippen LogP contribution in [0.15, 0.2) is 42.5 Å². The van der Waals surface area contributed by atoms with Crippen molar-refractivity contribution in [1.29, 1.82) is 0 Å². The molecule has 2 aliphatic heterocycles. The molecule has 4 rings (SSSR count). The predicted octanol–water partition coefficient (Wildman–Crippen LogP) is 2.23. The van der Waals surface area contributed by atoms with Crippen LogP contribution in [0.3, 0.4) is 0 Å². The number of anilines is 1. The molecular formula is C24H27FN4O4. The van der Waals surface area contributed by atoms with Crippen LogP contribution in [0.4, 0.5) is 14.9 Å². The lowest BCUT2D eigenvalue weighted by Crippen LogP contribution is -2.45. The van der Waals surface area contributed by atoms with E-state index in [4.69, 9.17) is 4.74 Å². The van der Waals surface area contributed by atoms with Crippen molar-refractivity contribution in [3.8, 4) is 11.1 Å². The average Bonchev–Trinajstić information content (AvgIpc) is 3.19. The summed E-state index contributed by atoms with van der Waals surface area (Å²) in [5.74, 6) is -0.630. The minimum atomic E-state index is -0.559. The highest BCUT2D eigenvalue weighted by Gasteiger charge is 2.32. The molecule has 0 saturated carbocycles. The van der Waals surface area contributed by atoms with Gasteiger partial charge >= 0.3 is 6.09 Å². The lowest BCUT2D eigenvalue weighted by molar-refractivity contribution is -0.120. The molecule has 3 amide bonds. The van der Waals surface area contributed by atoms with Gasteiger partial charge in [-0.3, -0.25) is 19.4 Å². The van der Waals surface area contributed by atoms with E-state index in [1.807, 2.05) is 24.3 Å². The second-order valence-corrected chi connectivity index (χ2v) is 8.33. The lowest BCUT2D eigenvalue weighted by atomic mass is 10.0. The van der Waals surface area contributed by atoms with Crippen molar-refractivity contribution in [1.82, 2.24) is 15.1 Å². The van der Waals surface area contributed by atoms with E-state index in [9.17, 15) is 18.8 Å². The number of hydrogen-bond acceptors (Lipinski definition) is 5. The summed E-state index contributed by atoms with van der Waals surface area (Å²) in [4.78, 5) is 39.5. The number of carbonyl (C=O) groups is 3. The van der Waals surface area contributed by atoms with Crippen LogP contribution in [0.1, 0.15) is 12.5 Å². The molecule has 1 atom stereocenters. The SMILES string of the molecule is CC(=O)NC[C@H]1CN(c2ccc(-c3ccc(CN4CCN(C=O)CC4)cc3)c(F)c2)C(=O)O1. The van der Waals surface area contributed by atoms with Crippen LogP contribution in [0.2, 0.25) is 0 Å². The standard InChI is InChI=1S/C24H27FN4O4/c1-17(31)26-13-21-15-29(24(32)33-21)20-6-7-22(23(25)12-20)19-4-2-18(3-5-19)14-27-8-10-28(16-30)11-9-27/h2-7,12,16,21H,8-11,13-15H2,1H3,(H,26,31)/t21-/m0/s1. The summed E-state index contributed by atoms with van der Waals surface area (Å²) in [6, 6.07) is 12.4. The minimum absolute atomic E-state index is 0.202. The number of rotatable bonds is 7. The Morgan fingerprint density at radius 1 is 1.15 bits per heavy atom. The highest BCUT2D eigenvalue weighted by molar-refractivity contribution is 5.90. The summed E-state index contributed by atoms with van der Waals surface area (Å²) >= 11 is 0. The Kier molecular flexibility index (Phi) is 6.88. The topological polar surface area (TPSA) is 82.2 Å². The smallest absolute Gasteiger partial charge is 0.414 e. The van der Waals surface area contributed by atoms with E-state index in [0.717, 1.165) is 50.3 Å². The van der Waals surface area contributed by atoms with Gasteiger partial charge in [0.1, 0.15) is 11.9 Å². The van der Waals surface area contributed by atoms with Gasteiger partial charge in [0.2, 0.25) is 12.3 Å². The molecule has 0 radical (unpaired) electrons. The van der Waals surface area contributed by atoms with Gasteiger partial charge in [-0.2, -0.15) is 0 Å². The molecular weight excluding hydrogens is 427 g/mol. The molecule has 2 aromatic rings. The second-order valence-electron chi connectivity index (χ2n) is 8.33. The summed E-state index contributed by atoms with van der Waals surface area (Å²) < 4.78 is 20.2. The summed E-state index contributed by atoms with van der Waals surface area (Å²) in [6.07, 6.45) is -0.142. The van der Waals surface area contributed by atoms with Crippen LogP contribution in [0.25, 0.3) is 11.1 Å². The number of halogens is 1. The van der Waals surface area contributed by atoms with Gasteiger partial charge in [-0.15, -0.1) is 0 Å². The summed E-state index contributed by atoms with van der Waals surface area (Å²) in [5, 5.41) is 2.62. The number of carbonyl (C=O) groups excluding carboxylic acids is 3. The first-order valence-corrected chi connectivity index (χ1v) is 11.0. The largest absolute Gasteiger partial charge is 0.442 e. The molecule has 8 nitrogen and oxygen atoms in total. The number of ether oxygens (including phenoxy) is 1. The molecule has 2 heterocycles. The fourth-order valence-corrected chi connectivity index (χ4v) is 4.08. The summed E-state index contributed by atoms with van der Waals surface area (Å²) in [5.41, 5.74) is 2.74. The molecule has 0 spiro atoms. The number of nitrogens with zero attached hydrogens (tertiary/aromatic N) is 3. The Labute approximate surface area is 191 Å². The molecule has 174 valence electrons. The fourth-order valence-electron chi connectivity index (χ4n) is 4.08. The van der Waals surface area contributed by atoms with Crippen LogP contribution in [0.5, 0.6) is 0 Å². The van der Waals surface area contributed by atoms with Crippen molar-refractivity contribution in [2.24, 2.45) is 0 Å². The second kappa shape index (κ2) is 9.99. The zero-order valence-electron chi connectivity index (χ0n) is 18.5. The first kappa shape index (κ1) is 22.7. The maximum absolute atomic E-state index is 14.9. The van der Waals surface area contributed by atoms with E-state index in [1.165, 1.54) is 17.9 Å². The molecule has 33 heavy (non-hydrogen) atoms. The number of nitrogens with one attached hydrogen (secondary N) is 1. The highest BCUT2D eigenvalue weighted by Crippen LogP contribution is 2.29. The van der Waals surface area contributed by atoms with E-state index in [1.54, 1.807) is 17.0 Å². The van der Waals surface area contributed by atoms with Crippen LogP contribution in [0, 0.1) is 5.82 Å². The molecule has 9 heteroatoms. The van der Waals surface area contributed by atoms with Crippen LogP contribution < -0.4 is 10.2 Å². The normalized spacial score (nSPS) is 18.8. The Morgan fingerprint density at radius 3 is 2.52 bits per heavy atom. The first-order chi connectivity index (χ1) is 15.9. The van der Waals surface area contributed by atoms with Gasteiger partial charge in [-0.05, 0) is 29.3 Å². The number of hydrogen-bond donors (Lipinski definition) is 1. The Morgan fingerprint density at radius 2 is 1.88 bits per heavy atom. The summed E-state index contributed by atoms with van der Waals surface area (Å²) in [7, 11) is 0. The third kappa shape index (κ3) is 5.48. The quantitative estimate of drug-likeness (QED) is 0.649. The lowest BCUT2D eigenvalue weighted by Gasteiger charge is -2.32. The molecule has 0 aliphatic carbocycles. The minimum Gasteiger partial charge on any atom is -0.442 e. The van der Waals surface area contributed by atoms with Crippen LogP contribution in [-0.2, 0) is 20.9 Å². The number of piperazine rings is 1. The van der Waals surface area contributed by atoms with Gasteiger partial charge in [-0.1, -0.05) is 24.3 Å². The Bertz CT molecular complexity index is 1020. The van der Waals surface area contributed by atoms with E-state index < -0.39 is 18.0 Å². The highest BCUT2D eigenvalue weighted by atomic mass is 19.1. The molecule has 0 bridgehead atoms. The zero-order valence-corrected chi connectivity index (χ0v) is 18.5. The number of cyclic esters (lactones) is 1. The van der Waals surface area contributed by atoms with Crippen molar-refractivity contribution in [2.45, 2.75) is 19.6 Å². The monoisotopic (exact) mass is 454 g/mol. The Hall–Kier alpha value is -3.46. The van der Waals surface area contributed by atoms with Gasteiger partial charge in [-0.25, -0.2) is 9.18 Å². The van der Waals surface area contributed by atoms with Crippen molar-refractivity contribution in [3.63, 3.8) is 0 Å². The van der Waals surface area contributed by atoms with Crippen molar-refractivity contribution in [2.75, 3.05) is 44.2 Å². The van der Waals surface area contributed by atoms with Crippen LogP contribution >= 0.6 is 0 Å². The average molecular weight is 455 g/mol. The molecule has 2 saturated heterocycles. The van der Waals surface area contributed by atoms with Crippen molar-refractivity contribution in [3.05, 3.63) is 53.8 Å². The first-order valence-electron chi connectivity index (χ1n) is 11.0. The fraction of sp³-hybridized carbons (Fsp3) is 0.375. The maximum atomic E-state index is 14.9. The molecule has 0 aromatic heterocycles. The Balaban J connectivity index is 1.39. The maximum Gasteiger partial charge on any atom is 0.414 e. The molecule has 2 aliphatic rings.